The van der Waals surface area contributed by atoms with Gasteiger partial charge in [0.2, 0.25) is 0 Å². The minimum absolute atomic E-state index is 0.117. The van der Waals surface area contributed by atoms with Crippen LogP contribution in [-0.2, 0) is 11.2 Å². The van der Waals surface area contributed by atoms with Crippen LogP contribution in [0.25, 0.3) is 0 Å². The predicted molar refractivity (Wildman–Crippen MR) is 110 cm³/mol. The lowest BCUT2D eigenvalue weighted by Crippen LogP contribution is -2.43. The Morgan fingerprint density at radius 1 is 1.26 bits per heavy atom. The number of aromatic hydroxyl groups is 1. The Hall–Kier alpha value is -2.92. The largest absolute Gasteiger partial charge is 0.573 e. The van der Waals surface area contributed by atoms with E-state index < -0.39 is 17.9 Å². The molecule has 5 nitrogen and oxygen atoms in total. The fourth-order valence-corrected chi connectivity index (χ4v) is 3.66. The van der Waals surface area contributed by atoms with Crippen LogP contribution in [0.4, 0.5) is 13.2 Å². The number of nitrogens with zero attached hydrogens (tertiary/aromatic N) is 2. The van der Waals surface area contributed by atoms with Gasteiger partial charge in [-0.1, -0.05) is 17.5 Å². The first-order chi connectivity index (χ1) is 14.4. The number of carbonyl (C=O) groups excluding carboxylic acids is 1. The number of likely N-dealkylation sites (N-methyl/N-ethyl adjacent to an activating group) is 1. The monoisotopic (exact) mass is 434 g/mol. The first-order valence-electron chi connectivity index (χ1n) is 9.86. The number of aryl methyl sites for hydroxylation is 1. The van der Waals surface area contributed by atoms with Gasteiger partial charge >= 0.3 is 6.36 Å². The van der Waals surface area contributed by atoms with Gasteiger partial charge in [-0.05, 0) is 61.6 Å². The molecule has 0 saturated carbocycles. The second-order valence-corrected chi connectivity index (χ2v) is 8.51. The number of benzene rings is 1. The predicted octanol–water partition coefficient (Wildman–Crippen LogP) is 3.95. The highest BCUT2D eigenvalue weighted by Crippen LogP contribution is 2.35. The van der Waals surface area contributed by atoms with Gasteiger partial charge in [0.1, 0.15) is 0 Å². The first-order valence-corrected chi connectivity index (χ1v) is 9.86. The number of hydrogen-bond acceptors (Lipinski definition) is 4. The lowest BCUT2D eigenvalue weighted by atomic mass is 9.93. The maximum Gasteiger partial charge on any atom is 0.573 e. The van der Waals surface area contributed by atoms with E-state index in [4.69, 9.17) is 0 Å². The van der Waals surface area contributed by atoms with Crippen LogP contribution in [-0.4, -0.2) is 59.9 Å². The minimum Gasteiger partial charge on any atom is -0.504 e. The maximum atomic E-state index is 12.5. The third-order valence-corrected chi connectivity index (χ3v) is 5.59. The van der Waals surface area contributed by atoms with Crippen LogP contribution < -0.4 is 4.74 Å². The van der Waals surface area contributed by atoms with Crippen LogP contribution in [0.2, 0.25) is 0 Å². The normalized spacial score (nSPS) is 16.4. The first kappa shape index (κ1) is 22.8. The summed E-state index contributed by atoms with van der Waals surface area (Å²) in [5.74, 6) is -1.27. The zero-order chi connectivity index (χ0) is 23.0. The Bertz CT molecular complexity index is 1020. The van der Waals surface area contributed by atoms with E-state index in [0.717, 1.165) is 11.1 Å². The average Bonchev–Trinajstić information content (AvgIpc) is 3.12. The quantitative estimate of drug-likeness (QED) is 0.689. The van der Waals surface area contributed by atoms with E-state index in [1.165, 1.54) is 17.0 Å². The fourth-order valence-electron chi connectivity index (χ4n) is 3.66. The highest BCUT2D eigenvalue weighted by molar-refractivity contribution is 5.98. The molecule has 1 N–H and O–H groups in total. The molecule has 31 heavy (non-hydrogen) atoms. The number of rotatable bonds is 6. The van der Waals surface area contributed by atoms with Crippen molar-refractivity contribution in [2.45, 2.75) is 38.6 Å². The van der Waals surface area contributed by atoms with E-state index >= 15 is 0 Å². The third kappa shape index (κ3) is 5.23. The number of hydrogen-bond donors (Lipinski definition) is 1. The number of alkyl halides is 3. The molecule has 0 aromatic heterocycles. The Morgan fingerprint density at radius 2 is 1.97 bits per heavy atom. The molecule has 0 spiro atoms. The molecule has 3 rings (SSSR count). The number of phenols is 1. The fraction of sp³-hybridized carbons (Fsp3) is 0.435. The van der Waals surface area contributed by atoms with E-state index in [9.17, 15) is 23.1 Å². The van der Waals surface area contributed by atoms with Gasteiger partial charge in [0.15, 0.2) is 11.5 Å². The van der Waals surface area contributed by atoms with Gasteiger partial charge in [0.05, 0.1) is 5.57 Å². The molecule has 1 heterocycles. The van der Waals surface area contributed by atoms with Crippen LogP contribution >= 0.6 is 0 Å². The van der Waals surface area contributed by atoms with Crippen molar-refractivity contribution in [3.8, 4) is 11.5 Å². The third-order valence-electron chi connectivity index (χ3n) is 5.59. The van der Waals surface area contributed by atoms with E-state index in [1.54, 1.807) is 20.2 Å². The molecule has 166 valence electrons. The lowest BCUT2D eigenvalue weighted by Gasteiger charge is -2.36. The van der Waals surface area contributed by atoms with Crippen molar-refractivity contribution < 1.29 is 27.8 Å². The molecule has 1 aliphatic carbocycles. The van der Waals surface area contributed by atoms with E-state index in [2.05, 4.69) is 34.9 Å². The molecule has 2 aliphatic rings. The second-order valence-electron chi connectivity index (χ2n) is 8.51. The zero-order valence-corrected chi connectivity index (χ0v) is 17.9. The molecule has 1 aromatic carbocycles. The molecule has 1 aliphatic heterocycles. The molecule has 1 amide bonds. The average molecular weight is 434 g/mol. The number of ether oxygens (including phenoxy) is 1. The highest BCUT2D eigenvalue weighted by Gasteiger charge is 2.36. The van der Waals surface area contributed by atoms with Crippen molar-refractivity contribution in [2.75, 3.05) is 27.2 Å². The van der Waals surface area contributed by atoms with E-state index in [1.807, 2.05) is 6.08 Å². The maximum absolute atomic E-state index is 12.5. The summed E-state index contributed by atoms with van der Waals surface area (Å²) in [7, 11) is 3.39. The number of amides is 1. The summed E-state index contributed by atoms with van der Waals surface area (Å²) in [5.41, 5.74) is 8.70. The lowest BCUT2D eigenvalue weighted by molar-refractivity contribution is -0.275. The second kappa shape index (κ2) is 8.31. The van der Waals surface area contributed by atoms with Gasteiger partial charge in [-0.3, -0.25) is 9.69 Å². The van der Waals surface area contributed by atoms with Gasteiger partial charge in [0.25, 0.3) is 5.91 Å². The summed E-state index contributed by atoms with van der Waals surface area (Å²) >= 11 is 0. The van der Waals surface area contributed by atoms with Gasteiger partial charge in [0, 0.05) is 32.7 Å². The Morgan fingerprint density at radius 3 is 2.61 bits per heavy atom. The Balaban J connectivity index is 1.68. The molecule has 0 bridgehead atoms. The van der Waals surface area contributed by atoms with Crippen LogP contribution in [0.15, 0.2) is 52.5 Å². The van der Waals surface area contributed by atoms with E-state index in [-0.39, 0.29) is 11.4 Å². The topological polar surface area (TPSA) is 53.0 Å². The summed E-state index contributed by atoms with van der Waals surface area (Å²) < 4.78 is 41.5. The number of carbonyl (C=O) groups is 1. The summed E-state index contributed by atoms with van der Waals surface area (Å²) in [6, 6.07) is 4.01. The van der Waals surface area contributed by atoms with Gasteiger partial charge < -0.3 is 14.7 Å². The van der Waals surface area contributed by atoms with Crippen molar-refractivity contribution in [2.24, 2.45) is 0 Å². The summed E-state index contributed by atoms with van der Waals surface area (Å²) in [6.45, 7) is 5.36. The molecule has 8 heteroatoms. The Labute approximate surface area is 179 Å². The zero-order valence-electron chi connectivity index (χ0n) is 17.9. The SMILES string of the molecule is CN(C)C(=O)C1=C=C=CC2=C1CN(C(C)(C)CCc1ccc(O)c(OC(F)(F)F)c1)C2. The number of halogens is 3. The number of phenolic OH excluding ortho intramolecular Hbond substituents is 1. The van der Waals surface area contributed by atoms with E-state index in [0.29, 0.717) is 37.1 Å². The molecule has 0 atom stereocenters. The smallest absolute Gasteiger partial charge is 0.504 e. The minimum atomic E-state index is -4.87. The highest BCUT2D eigenvalue weighted by atomic mass is 19.4. The van der Waals surface area contributed by atoms with Crippen LogP contribution in [0.5, 0.6) is 11.5 Å². The molecule has 1 aromatic rings. The van der Waals surface area contributed by atoms with Crippen LogP contribution in [0.3, 0.4) is 0 Å². The standard InChI is InChI=1S/C23H25F3N2O3/c1-22(2,11-10-15-8-9-19(29)20(12-15)31-23(24,25)26)28-13-16-6-5-7-17(18(16)14-28)21(30)27(3)4/h6,8-9,12,29H,10-11,13-14H2,1-4H3. The van der Waals surface area contributed by atoms with Crippen molar-refractivity contribution in [3.05, 3.63) is 58.0 Å². The molecule has 0 fully saturated rings. The summed E-state index contributed by atoms with van der Waals surface area (Å²) in [6.07, 6.45) is -1.87. The molecule has 0 radical (unpaired) electrons. The van der Waals surface area contributed by atoms with Crippen molar-refractivity contribution in [1.29, 1.82) is 0 Å². The van der Waals surface area contributed by atoms with Crippen molar-refractivity contribution >= 4 is 5.91 Å². The molecular formula is C23H25F3N2O3. The Kier molecular flexibility index (Phi) is 6.10. The van der Waals surface area contributed by atoms with Gasteiger partial charge in [-0.15, -0.1) is 13.2 Å². The molecule has 0 saturated heterocycles. The summed E-state index contributed by atoms with van der Waals surface area (Å²) in [4.78, 5) is 16.2. The van der Waals surface area contributed by atoms with Gasteiger partial charge in [-0.25, -0.2) is 0 Å². The summed E-state index contributed by atoms with van der Waals surface area (Å²) in [5, 5.41) is 9.64. The van der Waals surface area contributed by atoms with Crippen molar-refractivity contribution in [1.82, 2.24) is 9.80 Å². The molecular weight excluding hydrogens is 409 g/mol. The van der Waals surface area contributed by atoms with Crippen molar-refractivity contribution in [3.63, 3.8) is 0 Å². The molecule has 0 unspecified atom stereocenters. The van der Waals surface area contributed by atoms with Crippen LogP contribution in [0.1, 0.15) is 25.8 Å². The van der Waals surface area contributed by atoms with Gasteiger partial charge in [-0.2, -0.15) is 0 Å². The van der Waals surface area contributed by atoms with Crippen LogP contribution in [0, 0.1) is 0 Å².